The summed E-state index contributed by atoms with van der Waals surface area (Å²) in [6.07, 6.45) is 0.818. The molecule has 4 heterocycles. The Morgan fingerprint density at radius 1 is 0.466 bits per heavy atom. The van der Waals surface area contributed by atoms with Crippen LogP contribution in [-0.4, -0.2) is 9.13 Å². The van der Waals surface area contributed by atoms with Crippen LogP contribution in [0.5, 0.6) is 0 Å². The van der Waals surface area contributed by atoms with Gasteiger partial charge in [0.05, 0.1) is 33.8 Å². The fourth-order valence-electron chi connectivity index (χ4n) is 10.0. The van der Waals surface area contributed by atoms with Crippen LogP contribution in [0.1, 0.15) is 42.2 Å². The maximum Gasteiger partial charge on any atom is 0.104 e. The molecular formula is C54H40N4. The van der Waals surface area contributed by atoms with Crippen molar-refractivity contribution in [1.82, 2.24) is 19.8 Å². The predicted molar refractivity (Wildman–Crippen MR) is 241 cm³/mol. The number of benzene rings is 8. The third kappa shape index (κ3) is 4.85. The van der Waals surface area contributed by atoms with Crippen molar-refractivity contribution in [3.63, 3.8) is 0 Å². The Kier molecular flexibility index (Phi) is 7.38. The fraction of sp³-hybridized carbons (Fsp3) is 0.0741. The van der Waals surface area contributed by atoms with Crippen LogP contribution in [0, 0.1) is 0 Å². The maximum atomic E-state index is 4.04. The van der Waals surface area contributed by atoms with E-state index in [1.165, 1.54) is 99.5 Å². The molecule has 2 N–H and O–H groups in total. The number of para-hydroxylation sites is 4. The molecule has 0 aliphatic carbocycles. The van der Waals surface area contributed by atoms with Crippen molar-refractivity contribution in [2.45, 2.75) is 25.6 Å². The van der Waals surface area contributed by atoms with E-state index < -0.39 is 0 Å². The van der Waals surface area contributed by atoms with Crippen LogP contribution >= 0.6 is 0 Å². The molecule has 2 aromatic heterocycles. The van der Waals surface area contributed by atoms with E-state index in [0.29, 0.717) is 0 Å². The van der Waals surface area contributed by atoms with Crippen LogP contribution < -0.4 is 10.6 Å². The summed E-state index contributed by atoms with van der Waals surface area (Å²) in [6, 6.07) is 69.2. The van der Waals surface area contributed by atoms with Crippen LogP contribution in [-0.2, 0) is 0 Å². The Balaban J connectivity index is 1.07. The van der Waals surface area contributed by atoms with Crippen molar-refractivity contribution in [3.8, 4) is 33.6 Å². The lowest BCUT2D eigenvalue weighted by atomic mass is 9.89. The molecule has 8 aromatic carbocycles. The van der Waals surface area contributed by atoms with Gasteiger partial charge < -0.3 is 14.5 Å². The first-order valence-electron chi connectivity index (χ1n) is 20.4. The standard InChI is InChI=1S/C54H40N4/c1-2-38-51(34-17-5-3-6-18-34)55-54(56-52(38)35-19-7-4-8-20-35)36-21-15-22-37(31-36)57-47-28-12-11-25-41(47)46-32-44-43-27-16-26-42-39-23-9-13-29-48(39)58(53(42)43)49-30-14-10-24-40(49)45(44)33-50(46)57/h3-33,51,54-56H,2H2,1H3. The van der Waals surface area contributed by atoms with E-state index in [9.17, 15) is 0 Å². The zero-order valence-electron chi connectivity index (χ0n) is 32.2. The second kappa shape index (κ2) is 13.0. The predicted octanol–water partition coefficient (Wildman–Crippen LogP) is 13.3. The van der Waals surface area contributed by atoms with Gasteiger partial charge in [0, 0.05) is 44.1 Å². The highest BCUT2D eigenvalue weighted by Crippen LogP contribution is 2.49. The number of nitrogens with zero attached hydrogens (tertiary/aromatic N) is 2. The Morgan fingerprint density at radius 2 is 1.09 bits per heavy atom. The number of rotatable bonds is 5. The van der Waals surface area contributed by atoms with Gasteiger partial charge in [0.15, 0.2) is 0 Å². The highest BCUT2D eigenvalue weighted by molar-refractivity contribution is 6.19. The minimum absolute atomic E-state index is 0.0712. The first kappa shape index (κ1) is 33.0. The summed E-state index contributed by atoms with van der Waals surface area (Å²) in [6.45, 7) is 2.26. The van der Waals surface area contributed by atoms with Crippen molar-refractivity contribution in [2.75, 3.05) is 0 Å². The normalized spacial score (nSPS) is 16.1. The van der Waals surface area contributed by atoms with Gasteiger partial charge in [-0.3, -0.25) is 5.32 Å². The summed E-state index contributed by atoms with van der Waals surface area (Å²) in [4.78, 5) is 0. The molecule has 0 saturated carbocycles. The SMILES string of the molecule is CCC1=C(c2ccccc2)NC(c2cccc(-n3c4ccccc4c4cc5c(cc43)-c3ccccc3-n3c4ccccc4c4cccc-5c43)c2)NC1c1ccccc1. The largest absolute Gasteiger partial charge is 0.365 e. The van der Waals surface area contributed by atoms with Gasteiger partial charge in [-0.15, -0.1) is 0 Å². The topological polar surface area (TPSA) is 33.9 Å². The fourth-order valence-corrected chi connectivity index (χ4v) is 10.0. The number of fused-ring (bicyclic) bond motifs is 11. The van der Waals surface area contributed by atoms with E-state index in [2.05, 4.69) is 215 Å². The molecule has 2 aliphatic heterocycles. The molecule has 10 aromatic rings. The summed E-state index contributed by atoms with van der Waals surface area (Å²) in [5.74, 6) is 0. The van der Waals surface area contributed by atoms with Crippen molar-refractivity contribution in [3.05, 3.63) is 210 Å². The van der Waals surface area contributed by atoms with Gasteiger partial charge in [0.2, 0.25) is 0 Å². The lowest BCUT2D eigenvalue weighted by Gasteiger charge is -2.37. The summed E-state index contributed by atoms with van der Waals surface area (Å²) >= 11 is 0. The van der Waals surface area contributed by atoms with E-state index in [0.717, 1.165) is 12.1 Å². The first-order chi connectivity index (χ1) is 28.7. The molecule has 0 fully saturated rings. The van der Waals surface area contributed by atoms with Crippen molar-refractivity contribution in [1.29, 1.82) is 0 Å². The van der Waals surface area contributed by atoms with Gasteiger partial charge in [0.25, 0.3) is 0 Å². The number of hydrogen-bond donors (Lipinski definition) is 2. The Labute approximate surface area is 337 Å². The van der Waals surface area contributed by atoms with Gasteiger partial charge in [0.1, 0.15) is 6.17 Å². The molecule has 0 radical (unpaired) electrons. The molecule has 0 spiro atoms. The highest BCUT2D eigenvalue weighted by atomic mass is 15.2. The van der Waals surface area contributed by atoms with Crippen LogP contribution in [0.25, 0.3) is 82.9 Å². The molecule has 2 aliphatic rings. The number of hydrogen-bond acceptors (Lipinski definition) is 2. The lowest BCUT2D eigenvalue weighted by Crippen LogP contribution is -2.42. The van der Waals surface area contributed by atoms with Crippen LogP contribution in [0.15, 0.2) is 194 Å². The molecule has 12 rings (SSSR count). The smallest absolute Gasteiger partial charge is 0.104 e. The zero-order valence-corrected chi connectivity index (χ0v) is 32.2. The molecule has 4 nitrogen and oxygen atoms in total. The number of aromatic nitrogens is 2. The quantitative estimate of drug-likeness (QED) is 0.184. The second-order valence-corrected chi connectivity index (χ2v) is 15.6. The molecule has 0 saturated heterocycles. The summed E-state index contributed by atoms with van der Waals surface area (Å²) in [5.41, 5.74) is 18.5. The van der Waals surface area contributed by atoms with E-state index in [4.69, 9.17) is 0 Å². The summed E-state index contributed by atoms with van der Waals surface area (Å²) in [7, 11) is 0. The Morgan fingerprint density at radius 3 is 1.90 bits per heavy atom. The average Bonchev–Trinajstić information content (AvgIpc) is 3.77. The molecule has 0 bridgehead atoms. The van der Waals surface area contributed by atoms with E-state index in [-0.39, 0.29) is 12.2 Å². The summed E-state index contributed by atoms with van der Waals surface area (Å²) < 4.78 is 4.96. The minimum Gasteiger partial charge on any atom is -0.365 e. The summed E-state index contributed by atoms with van der Waals surface area (Å²) in [5, 5.41) is 13.1. The Hall–Kier alpha value is -7.14. The minimum atomic E-state index is -0.114. The maximum absolute atomic E-state index is 4.04. The molecule has 58 heavy (non-hydrogen) atoms. The average molecular weight is 745 g/mol. The first-order valence-corrected chi connectivity index (χ1v) is 20.4. The van der Waals surface area contributed by atoms with Gasteiger partial charge in [-0.05, 0) is 82.3 Å². The van der Waals surface area contributed by atoms with Gasteiger partial charge in [-0.2, -0.15) is 0 Å². The highest BCUT2D eigenvalue weighted by Gasteiger charge is 2.31. The molecule has 0 amide bonds. The molecule has 276 valence electrons. The van der Waals surface area contributed by atoms with Gasteiger partial charge in [-0.1, -0.05) is 153 Å². The second-order valence-electron chi connectivity index (χ2n) is 15.6. The molecule has 2 atom stereocenters. The molecular weight excluding hydrogens is 705 g/mol. The van der Waals surface area contributed by atoms with Crippen LogP contribution in [0.2, 0.25) is 0 Å². The number of nitrogens with one attached hydrogen (secondary N) is 2. The lowest BCUT2D eigenvalue weighted by molar-refractivity contribution is 0.421. The molecule has 2 unspecified atom stereocenters. The Bertz CT molecular complexity index is 3280. The van der Waals surface area contributed by atoms with Crippen molar-refractivity contribution >= 4 is 49.3 Å². The van der Waals surface area contributed by atoms with E-state index >= 15 is 0 Å². The van der Waals surface area contributed by atoms with Crippen LogP contribution in [0.3, 0.4) is 0 Å². The van der Waals surface area contributed by atoms with E-state index in [1.54, 1.807) is 0 Å². The van der Waals surface area contributed by atoms with E-state index in [1.807, 2.05) is 0 Å². The van der Waals surface area contributed by atoms with Crippen molar-refractivity contribution < 1.29 is 0 Å². The van der Waals surface area contributed by atoms with Crippen molar-refractivity contribution in [2.24, 2.45) is 0 Å². The monoisotopic (exact) mass is 744 g/mol. The zero-order chi connectivity index (χ0) is 38.3. The van der Waals surface area contributed by atoms with Crippen LogP contribution in [0.4, 0.5) is 0 Å². The third-order valence-electron chi connectivity index (χ3n) is 12.6. The van der Waals surface area contributed by atoms with Gasteiger partial charge >= 0.3 is 0 Å². The third-order valence-corrected chi connectivity index (χ3v) is 12.6. The molecule has 4 heteroatoms. The van der Waals surface area contributed by atoms with Gasteiger partial charge in [-0.25, -0.2) is 0 Å².